The van der Waals surface area contributed by atoms with Crippen LogP contribution in [-0.4, -0.2) is 27.4 Å². The van der Waals surface area contributed by atoms with Crippen molar-refractivity contribution in [2.24, 2.45) is 5.73 Å². The first-order valence-corrected chi connectivity index (χ1v) is 7.64. The predicted molar refractivity (Wildman–Crippen MR) is 72.3 cm³/mol. The number of carbonyl (C=O) groups is 1. The highest BCUT2D eigenvalue weighted by molar-refractivity contribution is 7.89. The van der Waals surface area contributed by atoms with Gasteiger partial charge in [-0.05, 0) is 36.6 Å². The number of nitrogens with two attached hydrogens (primary N) is 1. The summed E-state index contributed by atoms with van der Waals surface area (Å²) in [5.41, 5.74) is 6.83. The van der Waals surface area contributed by atoms with Crippen LogP contribution in [-0.2, 0) is 21.2 Å². The van der Waals surface area contributed by atoms with Gasteiger partial charge in [-0.2, -0.15) is 0 Å². The molecule has 1 aliphatic heterocycles. The number of nitrogens with one attached hydrogen (secondary N) is 2. The lowest BCUT2D eigenvalue weighted by atomic mass is 10.1. The van der Waals surface area contributed by atoms with Crippen LogP contribution in [0.5, 0.6) is 0 Å². The molecule has 0 radical (unpaired) electrons. The molecule has 0 bridgehead atoms. The molecule has 6 nitrogen and oxygen atoms in total. The molecular formula is C12H17N3O3S. The Morgan fingerprint density at radius 3 is 2.84 bits per heavy atom. The topological polar surface area (TPSA) is 101 Å². The minimum Gasteiger partial charge on any atom is -0.329 e. The second-order valence-corrected chi connectivity index (χ2v) is 6.17. The van der Waals surface area contributed by atoms with Crippen LogP contribution >= 0.6 is 0 Å². The van der Waals surface area contributed by atoms with Crippen molar-refractivity contribution in [1.82, 2.24) is 4.72 Å². The summed E-state index contributed by atoms with van der Waals surface area (Å²) < 4.78 is 26.4. The number of carbonyl (C=O) groups excluding carboxylic acids is 1. The third-order valence-corrected chi connectivity index (χ3v) is 4.41. The van der Waals surface area contributed by atoms with Gasteiger partial charge in [-0.15, -0.1) is 0 Å². The van der Waals surface area contributed by atoms with E-state index in [1.165, 1.54) is 6.07 Å². The Morgan fingerprint density at radius 1 is 1.32 bits per heavy atom. The van der Waals surface area contributed by atoms with E-state index in [1.54, 1.807) is 12.1 Å². The van der Waals surface area contributed by atoms with Crippen LogP contribution in [0.25, 0.3) is 0 Å². The number of hydrogen-bond acceptors (Lipinski definition) is 4. The van der Waals surface area contributed by atoms with Gasteiger partial charge >= 0.3 is 0 Å². The molecule has 0 saturated heterocycles. The number of amides is 1. The van der Waals surface area contributed by atoms with E-state index < -0.39 is 10.0 Å². The smallest absolute Gasteiger partial charge is 0.240 e. The molecule has 0 saturated carbocycles. The summed E-state index contributed by atoms with van der Waals surface area (Å²) in [6.07, 6.45) is 1.87. The van der Waals surface area contributed by atoms with Crippen LogP contribution in [0, 0.1) is 0 Å². The van der Waals surface area contributed by atoms with Crippen LogP contribution < -0.4 is 15.8 Å². The summed E-state index contributed by atoms with van der Waals surface area (Å²) in [5, 5.41) is 2.77. The monoisotopic (exact) mass is 283 g/mol. The first-order chi connectivity index (χ1) is 9.03. The van der Waals surface area contributed by atoms with E-state index >= 15 is 0 Å². The van der Waals surface area contributed by atoms with Gasteiger partial charge in [0.25, 0.3) is 0 Å². The Kier molecular flexibility index (Phi) is 4.18. The van der Waals surface area contributed by atoms with Gasteiger partial charge < -0.3 is 11.1 Å². The van der Waals surface area contributed by atoms with Gasteiger partial charge in [0.05, 0.1) is 4.90 Å². The van der Waals surface area contributed by atoms with E-state index in [2.05, 4.69) is 10.0 Å². The number of hydrogen-bond donors (Lipinski definition) is 3. The van der Waals surface area contributed by atoms with Gasteiger partial charge in [0.1, 0.15) is 0 Å². The molecule has 4 N–H and O–H groups in total. The molecule has 0 aliphatic carbocycles. The van der Waals surface area contributed by atoms with E-state index in [9.17, 15) is 13.2 Å². The number of anilines is 1. The molecule has 1 aliphatic rings. The van der Waals surface area contributed by atoms with Gasteiger partial charge in [0.15, 0.2) is 0 Å². The van der Waals surface area contributed by atoms with Crippen molar-refractivity contribution >= 4 is 21.6 Å². The zero-order valence-corrected chi connectivity index (χ0v) is 11.3. The summed E-state index contributed by atoms with van der Waals surface area (Å²) in [5.74, 6) is -0.0318. The molecule has 0 spiro atoms. The van der Waals surface area contributed by atoms with Crippen molar-refractivity contribution in [3.05, 3.63) is 23.8 Å². The molecule has 2 rings (SSSR count). The van der Waals surface area contributed by atoms with E-state index in [0.29, 0.717) is 18.5 Å². The van der Waals surface area contributed by atoms with Crippen molar-refractivity contribution in [3.8, 4) is 0 Å². The van der Waals surface area contributed by atoms with Crippen molar-refractivity contribution in [3.63, 3.8) is 0 Å². The van der Waals surface area contributed by atoms with Crippen molar-refractivity contribution in [2.75, 3.05) is 18.4 Å². The van der Waals surface area contributed by atoms with Crippen molar-refractivity contribution < 1.29 is 13.2 Å². The van der Waals surface area contributed by atoms with Crippen LogP contribution in [0.3, 0.4) is 0 Å². The lowest BCUT2D eigenvalue weighted by Crippen LogP contribution is -2.29. The Balaban J connectivity index is 2.30. The van der Waals surface area contributed by atoms with Gasteiger partial charge in [-0.1, -0.05) is 0 Å². The normalized spacial score (nSPS) is 15.5. The second-order valence-electron chi connectivity index (χ2n) is 4.41. The molecule has 0 atom stereocenters. The third-order valence-electron chi connectivity index (χ3n) is 2.95. The second kappa shape index (κ2) is 5.68. The molecule has 19 heavy (non-hydrogen) atoms. The summed E-state index contributed by atoms with van der Waals surface area (Å²) in [6, 6.07) is 4.73. The van der Waals surface area contributed by atoms with E-state index in [4.69, 9.17) is 5.73 Å². The lowest BCUT2D eigenvalue weighted by molar-refractivity contribution is -0.116. The summed E-state index contributed by atoms with van der Waals surface area (Å²) in [4.78, 5) is 11.6. The highest BCUT2D eigenvalue weighted by Crippen LogP contribution is 2.24. The number of fused-ring (bicyclic) bond motifs is 1. The fourth-order valence-corrected chi connectivity index (χ4v) is 3.09. The molecule has 1 heterocycles. The first kappa shape index (κ1) is 14.0. The Hall–Kier alpha value is -1.44. The maximum Gasteiger partial charge on any atom is 0.240 e. The van der Waals surface area contributed by atoms with Crippen LogP contribution in [0.1, 0.15) is 18.4 Å². The SMILES string of the molecule is NCCNS(=O)(=O)c1ccc2c(c1)CCCC(=O)N2. The maximum atomic E-state index is 12.0. The average Bonchev–Trinajstić information content (AvgIpc) is 2.56. The van der Waals surface area contributed by atoms with Crippen molar-refractivity contribution in [2.45, 2.75) is 24.2 Å². The molecule has 0 aromatic heterocycles. The third kappa shape index (κ3) is 3.31. The molecule has 1 amide bonds. The van der Waals surface area contributed by atoms with Crippen molar-refractivity contribution in [1.29, 1.82) is 0 Å². The average molecular weight is 283 g/mol. The number of aryl methyl sites for hydroxylation is 1. The zero-order valence-electron chi connectivity index (χ0n) is 10.5. The van der Waals surface area contributed by atoms with Crippen LogP contribution in [0.2, 0.25) is 0 Å². The van der Waals surface area contributed by atoms with Gasteiger partial charge in [0.2, 0.25) is 15.9 Å². The molecule has 104 valence electrons. The molecule has 0 unspecified atom stereocenters. The number of rotatable bonds is 4. The van der Waals surface area contributed by atoms with Gasteiger partial charge in [0, 0.05) is 25.2 Å². The number of benzene rings is 1. The van der Waals surface area contributed by atoms with E-state index in [1.807, 2.05) is 0 Å². The molecular weight excluding hydrogens is 266 g/mol. The van der Waals surface area contributed by atoms with Crippen LogP contribution in [0.15, 0.2) is 23.1 Å². The fourth-order valence-electron chi connectivity index (χ4n) is 1.99. The molecule has 0 fully saturated rings. The number of sulfonamides is 1. The zero-order chi connectivity index (χ0) is 13.9. The largest absolute Gasteiger partial charge is 0.329 e. The quantitative estimate of drug-likeness (QED) is 0.734. The highest BCUT2D eigenvalue weighted by atomic mass is 32.2. The van der Waals surface area contributed by atoms with E-state index in [-0.39, 0.29) is 23.9 Å². The lowest BCUT2D eigenvalue weighted by Gasteiger charge is -2.10. The van der Waals surface area contributed by atoms with E-state index in [0.717, 1.165) is 12.0 Å². The van der Waals surface area contributed by atoms with Gasteiger partial charge in [-0.25, -0.2) is 13.1 Å². The molecule has 1 aromatic carbocycles. The minimum atomic E-state index is -3.52. The Labute approximate surface area is 112 Å². The summed E-state index contributed by atoms with van der Waals surface area (Å²) >= 11 is 0. The summed E-state index contributed by atoms with van der Waals surface area (Å²) in [6.45, 7) is 0.455. The maximum absolute atomic E-state index is 12.0. The molecule has 1 aromatic rings. The van der Waals surface area contributed by atoms with Crippen LogP contribution in [0.4, 0.5) is 5.69 Å². The Bertz CT molecular complexity index is 584. The Morgan fingerprint density at radius 2 is 2.11 bits per heavy atom. The summed E-state index contributed by atoms with van der Waals surface area (Å²) in [7, 11) is -3.52. The fraction of sp³-hybridized carbons (Fsp3) is 0.417. The predicted octanol–water partition coefficient (Wildman–Crippen LogP) is 0.198. The minimum absolute atomic E-state index is 0.0318. The highest BCUT2D eigenvalue weighted by Gasteiger charge is 2.18. The first-order valence-electron chi connectivity index (χ1n) is 6.15. The molecule has 7 heteroatoms. The van der Waals surface area contributed by atoms with Gasteiger partial charge in [-0.3, -0.25) is 4.79 Å². The standard InChI is InChI=1S/C12H17N3O3S/c13-6-7-14-19(17,18)10-4-5-11-9(8-10)2-1-3-12(16)15-11/h4-5,8,14H,1-3,6-7,13H2,(H,15,16).